The number of furan rings is 1. The summed E-state index contributed by atoms with van der Waals surface area (Å²) in [5.41, 5.74) is -0.718. The summed E-state index contributed by atoms with van der Waals surface area (Å²) in [5, 5.41) is 0.765. The molecule has 0 radical (unpaired) electrons. The highest BCUT2D eigenvalue weighted by atomic mass is 19.4. The van der Waals surface area contributed by atoms with E-state index in [9.17, 15) is 13.2 Å². The Morgan fingerprint density at radius 2 is 1.78 bits per heavy atom. The lowest BCUT2D eigenvalue weighted by Crippen LogP contribution is -2.28. The maximum absolute atomic E-state index is 13.7. The second kappa shape index (κ2) is 7.33. The summed E-state index contributed by atoms with van der Waals surface area (Å²) in [6.45, 7) is 5.85. The van der Waals surface area contributed by atoms with E-state index in [2.05, 4.69) is 6.82 Å². The second-order valence-electron chi connectivity index (χ2n) is 7.32. The number of fused-ring (bicyclic) bond motifs is 1. The molecule has 3 aromatic rings. The quantitative estimate of drug-likeness (QED) is 0.456. The molecule has 0 aliphatic rings. The average molecular weight is 374 g/mol. The summed E-state index contributed by atoms with van der Waals surface area (Å²) in [4.78, 5) is 0. The third-order valence-corrected chi connectivity index (χ3v) is 4.51. The van der Waals surface area contributed by atoms with E-state index in [0.29, 0.717) is 5.58 Å². The molecule has 0 saturated carbocycles. The number of ether oxygens (including phenoxy) is 1. The number of alkyl halides is 3. The van der Waals surface area contributed by atoms with Crippen LogP contribution in [0, 0.1) is 0 Å². The van der Waals surface area contributed by atoms with E-state index in [0.717, 1.165) is 31.5 Å². The van der Waals surface area contributed by atoms with Gasteiger partial charge in [-0.25, -0.2) is 0 Å². The molecule has 142 valence electrons. The minimum atomic E-state index is -4.51. The third-order valence-electron chi connectivity index (χ3n) is 4.51. The molecule has 0 spiro atoms. The van der Waals surface area contributed by atoms with E-state index in [1.165, 1.54) is 6.07 Å². The Balaban J connectivity index is 2.00. The van der Waals surface area contributed by atoms with E-state index in [4.69, 9.17) is 9.15 Å². The molecule has 0 aliphatic heterocycles. The Kier molecular flexibility index (Phi) is 5.27. The zero-order chi connectivity index (χ0) is 19.7. The smallest absolute Gasteiger partial charge is 0.417 e. The number of benzene rings is 2. The Morgan fingerprint density at radius 1 is 1.04 bits per heavy atom. The highest BCUT2D eigenvalue weighted by molar-refractivity contribution is 6.33. The van der Waals surface area contributed by atoms with Gasteiger partial charge in [-0.15, -0.1) is 0 Å². The molecule has 2 aromatic carbocycles. The largest absolute Gasteiger partial charge is 0.488 e. The summed E-state index contributed by atoms with van der Waals surface area (Å²) >= 11 is 0. The second-order valence-corrected chi connectivity index (χ2v) is 7.32. The first kappa shape index (κ1) is 19.4. The van der Waals surface area contributed by atoms with Gasteiger partial charge in [0.2, 0.25) is 0 Å². The number of halogens is 3. The van der Waals surface area contributed by atoms with Gasteiger partial charge in [-0.2, -0.15) is 13.2 Å². The van der Waals surface area contributed by atoms with E-state index >= 15 is 0 Å². The molecule has 0 saturated heterocycles. The summed E-state index contributed by atoms with van der Waals surface area (Å²) in [6.07, 6.45) is -2.78. The van der Waals surface area contributed by atoms with E-state index in [1.807, 2.05) is 26.0 Å². The van der Waals surface area contributed by atoms with Crippen molar-refractivity contribution in [1.29, 1.82) is 0 Å². The van der Waals surface area contributed by atoms with Crippen LogP contribution in [-0.4, -0.2) is 12.9 Å². The van der Waals surface area contributed by atoms with Gasteiger partial charge in [0.1, 0.15) is 30.0 Å². The molecule has 3 rings (SSSR count). The van der Waals surface area contributed by atoms with Crippen LogP contribution in [0.5, 0.6) is 5.75 Å². The lowest BCUT2D eigenvalue weighted by atomic mass is 9.74. The molecular weight excluding hydrogens is 352 g/mol. The number of hydrogen-bond acceptors (Lipinski definition) is 2. The molecule has 0 amide bonds. The maximum Gasteiger partial charge on any atom is 0.417 e. The SMILES string of the molecule is CBCCC(C)(C)Oc1ccc(-c2cc3ccccc3o2)c(C(F)(F)F)c1. The lowest BCUT2D eigenvalue weighted by molar-refractivity contribution is -0.137. The van der Waals surface area contributed by atoms with Crippen molar-refractivity contribution in [3.05, 3.63) is 54.1 Å². The standard InChI is InChI=1S/C21H22BF3O2/c1-20(2,10-11-22-3)27-15-8-9-16(17(13-15)21(23,24)25)19-12-14-6-4-5-7-18(14)26-19/h4-9,12-13,22H,10-11H2,1-3H3. The fourth-order valence-electron chi connectivity index (χ4n) is 3.12. The summed E-state index contributed by atoms with van der Waals surface area (Å²) in [6, 6.07) is 12.8. The van der Waals surface area contributed by atoms with Crippen molar-refractivity contribution >= 4 is 18.2 Å². The van der Waals surface area contributed by atoms with Gasteiger partial charge in [0.05, 0.1) is 5.56 Å². The van der Waals surface area contributed by atoms with Crippen LogP contribution in [0.4, 0.5) is 13.2 Å². The van der Waals surface area contributed by atoms with Crippen molar-refractivity contribution < 1.29 is 22.3 Å². The molecule has 0 atom stereocenters. The Hall–Kier alpha value is -2.37. The lowest BCUT2D eigenvalue weighted by Gasteiger charge is -2.27. The first-order valence-electron chi connectivity index (χ1n) is 9.09. The van der Waals surface area contributed by atoms with Gasteiger partial charge in [-0.3, -0.25) is 0 Å². The fourth-order valence-corrected chi connectivity index (χ4v) is 3.12. The first-order valence-corrected chi connectivity index (χ1v) is 9.09. The monoisotopic (exact) mass is 374 g/mol. The van der Waals surface area contributed by atoms with Crippen molar-refractivity contribution in [3.8, 4) is 17.1 Å². The van der Waals surface area contributed by atoms with Crippen molar-refractivity contribution in [3.63, 3.8) is 0 Å². The van der Waals surface area contributed by atoms with Crippen molar-refractivity contribution in [2.45, 2.75) is 45.2 Å². The van der Waals surface area contributed by atoms with Gasteiger partial charge >= 0.3 is 6.18 Å². The summed E-state index contributed by atoms with van der Waals surface area (Å²) in [7, 11) is 1.01. The molecule has 6 heteroatoms. The first-order chi connectivity index (χ1) is 12.7. The van der Waals surface area contributed by atoms with Crippen LogP contribution in [0.2, 0.25) is 13.1 Å². The van der Waals surface area contributed by atoms with Gasteiger partial charge in [0.15, 0.2) is 0 Å². The van der Waals surface area contributed by atoms with Crippen LogP contribution in [0.1, 0.15) is 25.8 Å². The Labute approximate surface area is 157 Å². The molecule has 1 heterocycles. The zero-order valence-corrected chi connectivity index (χ0v) is 15.7. The van der Waals surface area contributed by atoms with Crippen LogP contribution < -0.4 is 4.74 Å². The Bertz CT molecular complexity index is 896. The van der Waals surface area contributed by atoms with Crippen LogP contribution >= 0.6 is 0 Å². The summed E-state index contributed by atoms with van der Waals surface area (Å²) < 4.78 is 52.6. The van der Waals surface area contributed by atoms with Gasteiger partial charge < -0.3 is 9.15 Å². The topological polar surface area (TPSA) is 22.4 Å². The average Bonchev–Trinajstić information content (AvgIpc) is 3.03. The van der Waals surface area contributed by atoms with Crippen LogP contribution in [0.15, 0.2) is 52.9 Å². The van der Waals surface area contributed by atoms with E-state index in [-0.39, 0.29) is 17.1 Å². The van der Waals surface area contributed by atoms with E-state index < -0.39 is 17.3 Å². The molecule has 0 bridgehead atoms. The highest BCUT2D eigenvalue weighted by Crippen LogP contribution is 2.41. The maximum atomic E-state index is 13.7. The molecular formula is C21H22BF3O2. The number of rotatable bonds is 6. The van der Waals surface area contributed by atoms with Crippen molar-refractivity contribution in [2.24, 2.45) is 0 Å². The third kappa shape index (κ3) is 4.49. The van der Waals surface area contributed by atoms with Crippen LogP contribution in [0.25, 0.3) is 22.3 Å². The van der Waals surface area contributed by atoms with Gasteiger partial charge in [0, 0.05) is 10.9 Å². The number of hydrogen-bond donors (Lipinski definition) is 0. The molecule has 0 fully saturated rings. The number of para-hydroxylation sites is 1. The molecule has 0 N–H and O–H groups in total. The minimum absolute atomic E-state index is 0.0115. The molecule has 27 heavy (non-hydrogen) atoms. The minimum Gasteiger partial charge on any atom is -0.488 e. The van der Waals surface area contributed by atoms with Crippen LogP contribution in [-0.2, 0) is 6.18 Å². The molecule has 0 unspecified atom stereocenters. The fraction of sp³-hybridized carbons (Fsp3) is 0.333. The predicted octanol–water partition coefficient (Wildman–Crippen LogP) is 6.57. The van der Waals surface area contributed by atoms with Gasteiger partial charge in [-0.05, 0) is 50.6 Å². The van der Waals surface area contributed by atoms with Gasteiger partial charge in [-0.1, -0.05) is 31.3 Å². The zero-order valence-electron chi connectivity index (χ0n) is 15.7. The van der Waals surface area contributed by atoms with Crippen molar-refractivity contribution in [2.75, 3.05) is 0 Å². The normalized spacial score (nSPS) is 12.4. The highest BCUT2D eigenvalue weighted by Gasteiger charge is 2.35. The Morgan fingerprint density at radius 3 is 2.44 bits per heavy atom. The summed E-state index contributed by atoms with van der Waals surface area (Å²) in [5.74, 6) is 0.406. The molecule has 0 aliphatic carbocycles. The molecule has 2 nitrogen and oxygen atoms in total. The molecule has 1 aromatic heterocycles. The van der Waals surface area contributed by atoms with Gasteiger partial charge in [0.25, 0.3) is 0 Å². The van der Waals surface area contributed by atoms with Crippen molar-refractivity contribution in [1.82, 2.24) is 0 Å². The van der Waals surface area contributed by atoms with E-state index in [1.54, 1.807) is 24.3 Å². The van der Waals surface area contributed by atoms with Crippen LogP contribution in [0.3, 0.4) is 0 Å². The predicted molar refractivity (Wildman–Crippen MR) is 104 cm³/mol.